The summed E-state index contributed by atoms with van der Waals surface area (Å²) in [5.74, 6) is -1.76. The molecule has 0 aromatic heterocycles. The third-order valence-corrected chi connectivity index (χ3v) is 6.33. The zero-order chi connectivity index (χ0) is 17.4. The fourth-order valence-corrected chi connectivity index (χ4v) is 4.65. The van der Waals surface area contributed by atoms with E-state index in [4.69, 9.17) is 0 Å². The number of alkyl halides is 2. The highest BCUT2D eigenvalue weighted by atomic mass is 19.2. The summed E-state index contributed by atoms with van der Waals surface area (Å²) in [4.78, 5) is 0. The summed E-state index contributed by atoms with van der Waals surface area (Å²) in [6.07, 6.45) is 1.74. The average Bonchev–Trinajstić information content (AvgIpc) is 2.58. The van der Waals surface area contributed by atoms with Crippen LogP contribution in [0.4, 0.5) is 17.6 Å². The summed E-state index contributed by atoms with van der Waals surface area (Å²) in [6.45, 7) is 3.33. The normalized spacial score (nSPS) is 37.4. The second-order valence-electron chi connectivity index (χ2n) is 7.82. The zero-order valence-corrected chi connectivity index (χ0v) is 14.4. The maximum Gasteiger partial charge on any atom is 0.162 e. The van der Waals surface area contributed by atoms with Gasteiger partial charge in [-0.15, -0.1) is 0 Å². The molecule has 0 nitrogen and oxygen atoms in total. The Bertz CT molecular complexity index is 577. The molecule has 24 heavy (non-hydrogen) atoms. The lowest BCUT2D eigenvalue weighted by molar-refractivity contribution is -0.00425. The van der Waals surface area contributed by atoms with Crippen LogP contribution in [0.2, 0.25) is 0 Å². The number of aryl methyl sites for hydroxylation is 1. The lowest BCUT2D eigenvalue weighted by atomic mass is 9.67. The summed E-state index contributed by atoms with van der Waals surface area (Å²) in [5, 5.41) is 0. The van der Waals surface area contributed by atoms with Crippen LogP contribution >= 0.6 is 0 Å². The van der Waals surface area contributed by atoms with E-state index in [0.29, 0.717) is 11.1 Å². The van der Waals surface area contributed by atoms with Crippen molar-refractivity contribution in [2.75, 3.05) is 0 Å². The van der Waals surface area contributed by atoms with Gasteiger partial charge in [0.2, 0.25) is 0 Å². The van der Waals surface area contributed by atoms with E-state index in [0.717, 1.165) is 38.5 Å². The van der Waals surface area contributed by atoms with Crippen LogP contribution in [-0.2, 0) is 0 Å². The van der Waals surface area contributed by atoms with Gasteiger partial charge in [-0.3, -0.25) is 0 Å². The first kappa shape index (κ1) is 17.8. The van der Waals surface area contributed by atoms with E-state index in [9.17, 15) is 17.6 Å². The zero-order valence-electron chi connectivity index (χ0n) is 14.4. The molecule has 3 rings (SSSR count). The molecule has 0 saturated heterocycles. The molecule has 4 heteroatoms. The summed E-state index contributed by atoms with van der Waals surface area (Å²) < 4.78 is 56.3. The van der Waals surface area contributed by atoms with Gasteiger partial charge in [-0.2, -0.15) is 0 Å². The van der Waals surface area contributed by atoms with Crippen molar-refractivity contribution in [3.8, 4) is 0 Å². The molecule has 0 radical (unpaired) electrons. The maximum atomic E-state index is 14.4. The van der Waals surface area contributed by atoms with Crippen molar-refractivity contribution in [2.24, 2.45) is 17.8 Å². The number of benzene rings is 1. The number of hydrogen-bond acceptors (Lipinski definition) is 0. The SMILES string of the molecule is Cc1ccc(C2CCC(C3CCC(C)C(F)C3F)CC2)c(F)c1F. The van der Waals surface area contributed by atoms with Crippen LogP contribution in [0.3, 0.4) is 0 Å². The fraction of sp³-hybridized carbons (Fsp3) is 0.700. The van der Waals surface area contributed by atoms with E-state index in [-0.39, 0.29) is 23.7 Å². The van der Waals surface area contributed by atoms with Crippen molar-refractivity contribution in [3.05, 3.63) is 34.9 Å². The lowest BCUT2D eigenvalue weighted by Gasteiger charge is -2.40. The first-order chi connectivity index (χ1) is 11.4. The highest BCUT2D eigenvalue weighted by Crippen LogP contribution is 2.46. The van der Waals surface area contributed by atoms with Crippen molar-refractivity contribution < 1.29 is 17.6 Å². The van der Waals surface area contributed by atoms with Gasteiger partial charge in [0.05, 0.1) is 0 Å². The van der Waals surface area contributed by atoms with E-state index in [2.05, 4.69) is 0 Å². The van der Waals surface area contributed by atoms with Crippen molar-refractivity contribution in [1.82, 2.24) is 0 Å². The van der Waals surface area contributed by atoms with Gasteiger partial charge in [0.1, 0.15) is 12.3 Å². The minimum Gasteiger partial charge on any atom is -0.244 e. The predicted octanol–water partition coefficient (Wildman–Crippen LogP) is 6.27. The van der Waals surface area contributed by atoms with Gasteiger partial charge in [0.15, 0.2) is 11.6 Å². The molecule has 1 aromatic rings. The van der Waals surface area contributed by atoms with E-state index >= 15 is 0 Å². The van der Waals surface area contributed by atoms with Crippen LogP contribution in [-0.4, -0.2) is 12.3 Å². The highest BCUT2D eigenvalue weighted by molar-refractivity contribution is 5.28. The Morgan fingerprint density at radius 1 is 0.833 bits per heavy atom. The number of rotatable bonds is 2. The Morgan fingerprint density at radius 2 is 1.50 bits per heavy atom. The third kappa shape index (κ3) is 3.21. The molecule has 0 amide bonds. The maximum absolute atomic E-state index is 14.4. The van der Waals surface area contributed by atoms with Gasteiger partial charge in [0.25, 0.3) is 0 Å². The summed E-state index contributed by atoms with van der Waals surface area (Å²) in [7, 11) is 0. The molecule has 2 aliphatic carbocycles. The Morgan fingerprint density at radius 3 is 2.17 bits per heavy atom. The minimum absolute atomic E-state index is 0.0156. The number of halogens is 4. The summed E-state index contributed by atoms with van der Waals surface area (Å²) in [5.41, 5.74) is 0.754. The second-order valence-corrected chi connectivity index (χ2v) is 7.82. The molecule has 134 valence electrons. The quantitative estimate of drug-likeness (QED) is 0.556. The molecule has 0 aliphatic heterocycles. The molecular weight excluding hydrogens is 316 g/mol. The smallest absolute Gasteiger partial charge is 0.162 e. The monoisotopic (exact) mass is 342 g/mol. The van der Waals surface area contributed by atoms with Crippen LogP contribution in [0.25, 0.3) is 0 Å². The van der Waals surface area contributed by atoms with Gasteiger partial charge < -0.3 is 0 Å². The van der Waals surface area contributed by atoms with Crippen LogP contribution in [0.5, 0.6) is 0 Å². The van der Waals surface area contributed by atoms with Gasteiger partial charge in [-0.05, 0) is 80.2 Å². The third-order valence-electron chi connectivity index (χ3n) is 6.33. The molecule has 2 fully saturated rings. The molecule has 1 aromatic carbocycles. The second kappa shape index (κ2) is 7.05. The Hall–Kier alpha value is -1.06. The average molecular weight is 342 g/mol. The molecule has 2 aliphatic rings. The van der Waals surface area contributed by atoms with Crippen molar-refractivity contribution in [3.63, 3.8) is 0 Å². The molecule has 0 heterocycles. The lowest BCUT2D eigenvalue weighted by Crippen LogP contribution is -2.41. The summed E-state index contributed by atoms with van der Waals surface area (Å²) >= 11 is 0. The molecule has 0 spiro atoms. The van der Waals surface area contributed by atoms with E-state index < -0.39 is 24.0 Å². The Labute approximate surface area is 141 Å². The molecule has 2 saturated carbocycles. The van der Waals surface area contributed by atoms with Crippen molar-refractivity contribution >= 4 is 0 Å². The number of hydrogen-bond donors (Lipinski definition) is 0. The standard InChI is InChI=1S/C20H26F4/c1-11-3-9-15(19(23)17(11)21)13-5-7-14(8-6-13)16-10-4-12(2)18(22)20(16)24/h3,9,12-14,16,18,20H,4-8,10H2,1-2H3. The van der Waals surface area contributed by atoms with Crippen molar-refractivity contribution in [2.45, 2.75) is 70.6 Å². The van der Waals surface area contributed by atoms with Crippen LogP contribution in [0, 0.1) is 36.3 Å². The topological polar surface area (TPSA) is 0 Å². The van der Waals surface area contributed by atoms with E-state index in [1.807, 2.05) is 0 Å². The Balaban J connectivity index is 1.65. The van der Waals surface area contributed by atoms with Crippen LogP contribution in [0.15, 0.2) is 12.1 Å². The Kier molecular flexibility index (Phi) is 5.22. The first-order valence-electron chi connectivity index (χ1n) is 9.12. The minimum atomic E-state index is -1.37. The highest BCUT2D eigenvalue weighted by Gasteiger charge is 2.42. The van der Waals surface area contributed by atoms with Crippen LogP contribution < -0.4 is 0 Å². The fourth-order valence-electron chi connectivity index (χ4n) is 4.65. The molecule has 0 bridgehead atoms. The van der Waals surface area contributed by atoms with Gasteiger partial charge in [0, 0.05) is 0 Å². The first-order valence-corrected chi connectivity index (χ1v) is 9.12. The van der Waals surface area contributed by atoms with Crippen molar-refractivity contribution in [1.29, 1.82) is 0 Å². The van der Waals surface area contributed by atoms with E-state index in [1.54, 1.807) is 26.0 Å². The molecule has 4 atom stereocenters. The van der Waals surface area contributed by atoms with Gasteiger partial charge >= 0.3 is 0 Å². The van der Waals surface area contributed by atoms with Gasteiger partial charge in [-0.1, -0.05) is 19.1 Å². The predicted molar refractivity (Wildman–Crippen MR) is 87.5 cm³/mol. The molecule has 0 N–H and O–H groups in total. The van der Waals surface area contributed by atoms with Gasteiger partial charge in [-0.25, -0.2) is 17.6 Å². The summed E-state index contributed by atoms with van der Waals surface area (Å²) in [6, 6.07) is 3.30. The van der Waals surface area contributed by atoms with E-state index in [1.165, 1.54) is 0 Å². The molecular formula is C20H26F4. The largest absolute Gasteiger partial charge is 0.244 e. The molecule has 4 unspecified atom stereocenters. The van der Waals surface area contributed by atoms with Crippen LogP contribution in [0.1, 0.15) is 62.5 Å².